The molecule has 2 aromatic rings. The largest absolute Gasteiger partial charge is 0.407 e. The molecule has 4 heteroatoms. The molecule has 0 radical (unpaired) electrons. The molecular weight excluding hydrogens is 271 g/mol. The molecule has 1 atom stereocenters. The summed E-state index contributed by atoms with van der Waals surface area (Å²) < 4.78 is 17.5. The number of hydrogen-bond donors (Lipinski definition) is 0. The minimum Gasteiger partial charge on any atom is -0.407 e. The summed E-state index contributed by atoms with van der Waals surface area (Å²) in [6.07, 6.45) is 0. The summed E-state index contributed by atoms with van der Waals surface area (Å²) in [5.74, 6) is -0.547. The lowest BCUT2D eigenvalue weighted by molar-refractivity contribution is 0.0752. The molecule has 0 aliphatic heterocycles. The molecule has 0 N–H and O–H groups in total. The fourth-order valence-electron chi connectivity index (χ4n) is 2.27. The van der Waals surface area contributed by atoms with Gasteiger partial charge in [-0.15, -0.1) is 0 Å². The molecule has 0 fully saturated rings. The number of benzene rings is 2. The molecule has 0 saturated heterocycles. The van der Waals surface area contributed by atoms with Crippen LogP contribution in [0.2, 0.25) is 0 Å². The van der Waals surface area contributed by atoms with Crippen LogP contribution >= 0.6 is 8.03 Å². The molecule has 0 aliphatic rings. The monoisotopic (exact) mass is 288 g/mol. The Labute approximate surface area is 119 Å². The molecule has 3 nitrogen and oxygen atoms in total. The lowest BCUT2D eigenvalue weighted by Crippen LogP contribution is -2.11. The van der Waals surface area contributed by atoms with Crippen LogP contribution in [0.15, 0.2) is 42.5 Å². The van der Waals surface area contributed by atoms with Crippen LogP contribution < -0.4 is 5.30 Å². The van der Waals surface area contributed by atoms with Gasteiger partial charge in [0.05, 0.1) is 10.9 Å². The number of hydrogen-bond acceptors (Lipinski definition) is 3. The smallest absolute Gasteiger partial charge is 0.343 e. The third kappa shape index (κ3) is 3.17. The fraction of sp³-hybridized carbons (Fsp3) is 0.188. The van der Waals surface area contributed by atoms with Crippen LogP contribution in [-0.4, -0.2) is 5.97 Å². The van der Waals surface area contributed by atoms with Crippen molar-refractivity contribution in [2.24, 2.45) is 0 Å². The van der Waals surface area contributed by atoms with Crippen LogP contribution in [-0.2, 0) is 9.09 Å². The Morgan fingerprint density at radius 1 is 1.00 bits per heavy atom. The Bertz CT molecular complexity index is 640. The summed E-state index contributed by atoms with van der Waals surface area (Å²) in [4.78, 5) is 11.9. The van der Waals surface area contributed by atoms with Crippen LogP contribution in [0.5, 0.6) is 0 Å². The molecule has 2 rings (SSSR count). The highest BCUT2D eigenvalue weighted by molar-refractivity contribution is 7.49. The SMILES string of the molecule is Cc1cc(C)c([PH](=O)OC(=O)c2ccccc2)c(C)c1. The van der Waals surface area contributed by atoms with Crippen molar-refractivity contribution in [3.8, 4) is 0 Å². The summed E-state index contributed by atoms with van der Waals surface area (Å²) >= 11 is 0. The molecule has 0 spiro atoms. The second-order valence-corrected chi connectivity index (χ2v) is 6.10. The Hall–Kier alpha value is -1.86. The summed E-state index contributed by atoms with van der Waals surface area (Å²) in [5.41, 5.74) is 3.31. The predicted octanol–water partition coefficient (Wildman–Crippen LogP) is 3.57. The summed E-state index contributed by atoms with van der Waals surface area (Å²) in [6, 6.07) is 12.5. The Morgan fingerprint density at radius 3 is 2.10 bits per heavy atom. The maximum atomic E-state index is 12.3. The molecule has 0 bridgehead atoms. The van der Waals surface area contributed by atoms with Gasteiger partial charge in [-0.1, -0.05) is 35.9 Å². The van der Waals surface area contributed by atoms with E-state index in [1.165, 1.54) is 0 Å². The van der Waals surface area contributed by atoms with E-state index in [2.05, 4.69) is 0 Å². The van der Waals surface area contributed by atoms with Gasteiger partial charge >= 0.3 is 5.97 Å². The second kappa shape index (κ2) is 6.06. The lowest BCUT2D eigenvalue weighted by atomic mass is 10.1. The van der Waals surface area contributed by atoms with Crippen molar-refractivity contribution in [3.63, 3.8) is 0 Å². The van der Waals surface area contributed by atoms with E-state index in [9.17, 15) is 9.36 Å². The maximum absolute atomic E-state index is 12.3. The van der Waals surface area contributed by atoms with Gasteiger partial charge in [0.2, 0.25) is 0 Å². The number of rotatable bonds is 3. The van der Waals surface area contributed by atoms with Crippen molar-refractivity contribution in [2.45, 2.75) is 20.8 Å². The van der Waals surface area contributed by atoms with E-state index in [-0.39, 0.29) is 0 Å². The molecule has 0 aliphatic carbocycles. The third-order valence-electron chi connectivity index (χ3n) is 3.08. The highest BCUT2D eigenvalue weighted by atomic mass is 31.1. The first-order valence-electron chi connectivity index (χ1n) is 6.38. The first kappa shape index (κ1) is 14.5. The normalized spacial score (nSPS) is 11.9. The molecule has 0 amide bonds. The lowest BCUT2D eigenvalue weighted by Gasteiger charge is -2.11. The van der Waals surface area contributed by atoms with Crippen LogP contribution in [0, 0.1) is 20.8 Å². The van der Waals surface area contributed by atoms with Crippen molar-refractivity contribution < 1.29 is 13.9 Å². The number of aryl methyl sites for hydroxylation is 3. The van der Waals surface area contributed by atoms with E-state index in [1.807, 2.05) is 39.0 Å². The van der Waals surface area contributed by atoms with Gasteiger partial charge in [0.15, 0.2) is 0 Å². The zero-order valence-corrected chi connectivity index (χ0v) is 12.8. The average Bonchev–Trinajstić information content (AvgIpc) is 2.38. The summed E-state index contributed by atoms with van der Waals surface area (Å²) in [6.45, 7) is 5.75. The first-order chi connectivity index (χ1) is 9.49. The van der Waals surface area contributed by atoms with E-state index in [4.69, 9.17) is 4.52 Å². The van der Waals surface area contributed by atoms with Gasteiger partial charge in [0, 0.05) is 0 Å². The Kier molecular flexibility index (Phi) is 4.41. The van der Waals surface area contributed by atoms with Gasteiger partial charge < -0.3 is 4.52 Å². The summed E-state index contributed by atoms with van der Waals surface area (Å²) in [5, 5.41) is 0.643. The van der Waals surface area contributed by atoms with Gasteiger partial charge in [-0.3, -0.25) is 4.57 Å². The first-order valence-corrected chi connectivity index (χ1v) is 7.70. The van der Waals surface area contributed by atoms with Gasteiger partial charge in [-0.2, -0.15) is 0 Å². The summed E-state index contributed by atoms with van der Waals surface area (Å²) in [7, 11) is -2.59. The highest BCUT2D eigenvalue weighted by Crippen LogP contribution is 2.27. The second-order valence-electron chi connectivity index (χ2n) is 4.82. The van der Waals surface area contributed by atoms with Crippen molar-refractivity contribution >= 4 is 19.3 Å². The van der Waals surface area contributed by atoms with Gasteiger partial charge in [-0.05, 0) is 44.0 Å². The van der Waals surface area contributed by atoms with Crippen molar-refractivity contribution in [1.29, 1.82) is 0 Å². The Balaban J connectivity index is 2.24. The van der Waals surface area contributed by atoms with Crippen molar-refractivity contribution in [2.75, 3.05) is 0 Å². The van der Waals surface area contributed by atoms with Crippen LogP contribution in [0.1, 0.15) is 27.0 Å². The molecule has 0 heterocycles. The predicted molar refractivity (Wildman–Crippen MR) is 81.1 cm³/mol. The molecule has 104 valence electrons. The molecular formula is C16H17O3P. The average molecular weight is 288 g/mol. The topological polar surface area (TPSA) is 43.4 Å². The van der Waals surface area contributed by atoms with Crippen LogP contribution in [0.25, 0.3) is 0 Å². The Morgan fingerprint density at radius 2 is 1.55 bits per heavy atom. The molecule has 0 aromatic heterocycles. The zero-order valence-electron chi connectivity index (χ0n) is 11.8. The van der Waals surface area contributed by atoms with Gasteiger partial charge in [-0.25, -0.2) is 4.79 Å². The third-order valence-corrected chi connectivity index (χ3v) is 4.64. The zero-order chi connectivity index (χ0) is 14.7. The molecule has 2 aromatic carbocycles. The van der Waals surface area contributed by atoms with Crippen LogP contribution in [0.3, 0.4) is 0 Å². The van der Waals surface area contributed by atoms with Crippen molar-refractivity contribution in [1.82, 2.24) is 0 Å². The minimum absolute atomic E-state index is 0.410. The maximum Gasteiger partial charge on any atom is 0.343 e. The van der Waals surface area contributed by atoms with Gasteiger partial charge in [0.25, 0.3) is 8.03 Å². The quantitative estimate of drug-likeness (QED) is 0.811. The fourth-order valence-corrected chi connectivity index (χ4v) is 3.45. The van der Waals surface area contributed by atoms with E-state index in [0.717, 1.165) is 16.7 Å². The van der Waals surface area contributed by atoms with E-state index < -0.39 is 14.0 Å². The number of carbonyl (C=O) groups is 1. The van der Waals surface area contributed by atoms with E-state index in [1.54, 1.807) is 24.3 Å². The molecule has 20 heavy (non-hydrogen) atoms. The van der Waals surface area contributed by atoms with Crippen molar-refractivity contribution in [3.05, 3.63) is 64.7 Å². The standard InChI is InChI=1S/C16H17O3P/c1-11-9-12(2)15(13(3)10-11)20(18)19-16(17)14-7-5-4-6-8-14/h4-10,20H,1-3H3. The minimum atomic E-state index is -2.59. The van der Waals surface area contributed by atoms with E-state index in [0.29, 0.717) is 10.9 Å². The molecule has 0 saturated carbocycles. The number of carbonyl (C=O) groups excluding carboxylic acids is 1. The van der Waals surface area contributed by atoms with E-state index >= 15 is 0 Å². The van der Waals surface area contributed by atoms with Crippen LogP contribution in [0.4, 0.5) is 0 Å². The highest BCUT2D eigenvalue weighted by Gasteiger charge is 2.16. The molecule has 1 unspecified atom stereocenters. The van der Waals surface area contributed by atoms with Gasteiger partial charge in [0.1, 0.15) is 0 Å².